The number of aliphatic carboxylic acids is 1. The highest BCUT2D eigenvalue weighted by molar-refractivity contribution is 6.01. The zero-order valence-electron chi connectivity index (χ0n) is 31.6. The van der Waals surface area contributed by atoms with Gasteiger partial charge in [-0.3, -0.25) is 29.7 Å². The lowest BCUT2D eigenvalue weighted by Gasteiger charge is -2.37. The predicted octanol–water partition coefficient (Wildman–Crippen LogP) is 3.85. The lowest BCUT2D eigenvalue weighted by molar-refractivity contribution is -0.192. The quantitative estimate of drug-likeness (QED) is 0.149. The highest BCUT2D eigenvalue weighted by Gasteiger charge is 2.38. The third-order valence-electron chi connectivity index (χ3n) is 10.2. The molecule has 0 saturated carbocycles. The van der Waals surface area contributed by atoms with E-state index in [1.54, 1.807) is 30.4 Å². The lowest BCUT2D eigenvalue weighted by atomic mass is 10.0. The van der Waals surface area contributed by atoms with Crippen molar-refractivity contribution in [2.24, 2.45) is 7.05 Å². The van der Waals surface area contributed by atoms with Crippen LogP contribution in [0.25, 0.3) is 22.0 Å². The number of piperidine rings is 2. The molecule has 3 fully saturated rings. The fourth-order valence-electron chi connectivity index (χ4n) is 7.05. The Kier molecular flexibility index (Phi) is 12.5. The fourth-order valence-corrected chi connectivity index (χ4v) is 7.05. The van der Waals surface area contributed by atoms with Gasteiger partial charge in [-0.1, -0.05) is 0 Å². The standard InChI is InChI=1S/C36H41FN8O6.C2HF3O2/c1-42-20-27(26-19-38-41-33(26)35(42)48)22-17-29(37)28(31(18-22)50-2)21-43-13-15-45(16-14-43)36(49)51-25-9-11-44(12-10-25)24-5-3-23(4-6-24)39-30-7-8-32(46)40-34(30)47;3-2(4,5)1(6)7/h3-6,17-20,25,30,39H,7-16,21H2,1-2H3,(H,38,41)(H,40,46,47);(H,6,7). The Morgan fingerprint density at radius 3 is 2.29 bits per heavy atom. The van der Waals surface area contributed by atoms with E-state index in [-0.39, 0.29) is 29.6 Å². The number of halogens is 4. The van der Waals surface area contributed by atoms with E-state index in [4.69, 9.17) is 19.4 Å². The van der Waals surface area contributed by atoms with Gasteiger partial charge in [-0.15, -0.1) is 0 Å². The summed E-state index contributed by atoms with van der Waals surface area (Å²) in [7, 11) is 3.15. The van der Waals surface area contributed by atoms with E-state index in [1.165, 1.54) is 17.7 Å². The number of ether oxygens (including phenoxy) is 2. The van der Waals surface area contributed by atoms with Gasteiger partial charge in [-0.25, -0.2) is 14.0 Å². The van der Waals surface area contributed by atoms with Crippen molar-refractivity contribution in [1.82, 2.24) is 29.9 Å². The first-order valence-corrected chi connectivity index (χ1v) is 18.4. The molecule has 2 aromatic carbocycles. The Hall–Kier alpha value is -6.18. The molecule has 4 N–H and O–H groups in total. The van der Waals surface area contributed by atoms with Crippen LogP contribution in [-0.4, -0.2) is 118 Å². The van der Waals surface area contributed by atoms with Gasteiger partial charge in [0.15, 0.2) is 0 Å². The van der Waals surface area contributed by atoms with Crippen LogP contribution in [0, 0.1) is 5.82 Å². The minimum atomic E-state index is -5.08. The number of hydrogen-bond donors (Lipinski definition) is 4. The molecule has 5 heterocycles. The highest BCUT2D eigenvalue weighted by Crippen LogP contribution is 2.34. The second kappa shape index (κ2) is 17.5. The van der Waals surface area contributed by atoms with Crippen molar-refractivity contribution in [3.8, 4) is 16.9 Å². The number of aromatic amines is 1. The number of nitrogens with zero attached hydrogens (tertiary/aromatic N) is 5. The molecule has 0 spiro atoms. The second-order valence-electron chi connectivity index (χ2n) is 14.1. The molecule has 1 unspecified atom stereocenters. The Labute approximate surface area is 328 Å². The maximum atomic E-state index is 15.7. The van der Waals surface area contributed by atoms with Crippen molar-refractivity contribution >= 4 is 46.2 Å². The monoisotopic (exact) mass is 814 g/mol. The average Bonchev–Trinajstić information content (AvgIpc) is 3.69. The number of benzene rings is 2. The van der Waals surface area contributed by atoms with Crippen LogP contribution in [0.5, 0.6) is 5.75 Å². The SMILES string of the molecule is COc1cc(-c2cn(C)c(=O)c3[nH]ncc23)cc(F)c1CN1CCN(C(=O)OC2CCN(c3ccc(NC4CCC(=O)NC4=O)cc3)CC2)CC1.O=C(O)C(F)(F)F. The van der Waals surface area contributed by atoms with Gasteiger partial charge in [0.25, 0.3) is 5.56 Å². The van der Waals surface area contributed by atoms with E-state index in [1.807, 2.05) is 24.3 Å². The number of carbonyl (C=O) groups is 4. The maximum Gasteiger partial charge on any atom is 0.490 e. The minimum Gasteiger partial charge on any atom is -0.496 e. The van der Waals surface area contributed by atoms with Crippen LogP contribution in [-0.2, 0) is 32.7 Å². The number of piperazine rings is 1. The first kappa shape index (κ1) is 41.5. The summed E-state index contributed by atoms with van der Waals surface area (Å²) in [4.78, 5) is 64.0. The van der Waals surface area contributed by atoms with Crippen molar-refractivity contribution in [3.63, 3.8) is 0 Å². The number of carboxylic acid groups (broad SMARTS) is 1. The molecular weight excluding hydrogens is 772 g/mol. The van der Waals surface area contributed by atoms with Gasteiger partial charge in [-0.05, 0) is 48.4 Å². The summed E-state index contributed by atoms with van der Waals surface area (Å²) in [5.41, 5.74) is 3.67. The minimum absolute atomic E-state index is 0.174. The number of nitrogens with one attached hydrogen (secondary N) is 3. The number of methoxy groups -OCH3 is 1. The van der Waals surface area contributed by atoms with Crippen LogP contribution in [0.1, 0.15) is 31.2 Å². The average molecular weight is 815 g/mol. The number of imide groups is 1. The van der Waals surface area contributed by atoms with Gasteiger partial charge in [0, 0.05) is 106 Å². The van der Waals surface area contributed by atoms with Crippen molar-refractivity contribution in [3.05, 3.63) is 70.5 Å². The van der Waals surface area contributed by atoms with Gasteiger partial charge in [0.2, 0.25) is 11.8 Å². The number of carboxylic acids is 1. The Morgan fingerprint density at radius 1 is 1.00 bits per heavy atom. The molecule has 3 aliphatic rings. The molecule has 0 radical (unpaired) electrons. The van der Waals surface area contributed by atoms with Crippen LogP contribution < -0.4 is 25.8 Å². The Bertz CT molecular complexity index is 2210. The van der Waals surface area contributed by atoms with Crippen LogP contribution in [0.2, 0.25) is 0 Å². The maximum absolute atomic E-state index is 15.7. The molecule has 0 bridgehead atoms. The first-order valence-electron chi connectivity index (χ1n) is 18.4. The van der Waals surface area contributed by atoms with Crippen LogP contribution in [0.15, 0.2) is 53.6 Å². The molecule has 4 aromatic rings. The van der Waals surface area contributed by atoms with Gasteiger partial charge in [-0.2, -0.15) is 18.3 Å². The van der Waals surface area contributed by atoms with E-state index in [2.05, 4.69) is 30.6 Å². The molecule has 7 rings (SSSR count). The normalized spacial score (nSPS) is 18.0. The summed E-state index contributed by atoms with van der Waals surface area (Å²) in [5, 5.41) is 20.0. The van der Waals surface area contributed by atoms with E-state index < -0.39 is 24.0 Å². The summed E-state index contributed by atoms with van der Waals surface area (Å²) in [6.07, 6.45) is -0.143. The number of amides is 3. The molecule has 3 aliphatic heterocycles. The Morgan fingerprint density at radius 2 is 1.67 bits per heavy atom. The number of pyridine rings is 1. The fraction of sp³-hybridized carbons (Fsp3) is 0.421. The molecule has 3 saturated heterocycles. The first-order chi connectivity index (χ1) is 27.6. The van der Waals surface area contributed by atoms with Gasteiger partial charge in [0.05, 0.1) is 13.3 Å². The summed E-state index contributed by atoms with van der Waals surface area (Å²) < 4.78 is 60.4. The number of carbonyl (C=O) groups excluding carboxylic acids is 3. The van der Waals surface area contributed by atoms with E-state index in [0.29, 0.717) is 91.7 Å². The van der Waals surface area contributed by atoms with Crippen molar-refractivity contribution in [2.75, 3.05) is 56.6 Å². The molecule has 0 aliphatic carbocycles. The second-order valence-corrected chi connectivity index (χ2v) is 14.1. The number of aryl methyl sites for hydroxylation is 1. The predicted molar refractivity (Wildman–Crippen MR) is 202 cm³/mol. The zero-order chi connectivity index (χ0) is 41.7. The van der Waals surface area contributed by atoms with Crippen LogP contribution in [0.4, 0.5) is 33.7 Å². The van der Waals surface area contributed by atoms with Gasteiger partial charge < -0.3 is 34.3 Å². The Balaban J connectivity index is 0.000000743. The summed E-state index contributed by atoms with van der Waals surface area (Å²) in [6.45, 7) is 3.86. The number of aromatic nitrogens is 3. The number of fused-ring (bicyclic) bond motifs is 1. The zero-order valence-corrected chi connectivity index (χ0v) is 31.6. The van der Waals surface area contributed by atoms with E-state index >= 15 is 4.39 Å². The van der Waals surface area contributed by atoms with Crippen molar-refractivity contribution in [2.45, 2.75) is 50.6 Å². The molecule has 1 atom stereocenters. The molecule has 58 heavy (non-hydrogen) atoms. The van der Waals surface area contributed by atoms with Gasteiger partial charge >= 0.3 is 18.2 Å². The van der Waals surface area contributed by atoms with Crippen molar-refractivity contribution < 1.29 is 51.3 Å². The summed E-state index contributed by atoms with van der Waals surface area (Å²) >= 11 is 0. The summed E-state index contributed by atoms with van der Waals surface area (Å²) in [5.74, 6) is -3.31. The molecule has 3 amide bonds. The van der Waals surface area contributed by atoms with E-state index in [0.717, 1.165) is 24.5 Å². The lowest BCUT2D eigenvalue weighted by Crippen LogP contribution is -2.49. The van der Waals surface area contributed by atoms with Crippen molar-refractivity contribution in [1.29, 1.82) is 0 Å². The van der Waals surface area contributed by atoms with Crippen LogP contribution in [0.3, 0.4) is 0 Å². The number of hydrogen-bond acceptors (Lipinski definition) is 11. The number of rotatable bonds is 8. The topological polar surface area (TPSA) is 191 Å². The summed E-state index contributed by atoms with van der Waals surface area (Å²) in [6, 6.07) is 10.7. The molecule has 310 valence electrons. The molecule has 16 nitrogen and oxygen atoms in total. The third kappa shape index (κ3) is 9.67. The number of alkyl halides is 3. The largest absolute Gasteiger partial charge is 0.496 e. The molecule has 20 heteroatoms. The smallest absolute Gasteiger partial charge is 0.490 e. The van der Waals surface area contributed by atoms with Gasteiger partial charge in [0.1, 0.15) is 29.2 Å². The third-order valence-corrected chi connectivity index (χ3v) is 10.2. The van der Waals surface area contributed by atoms with E-state index in [9.17, 15) is 32.3 Å². The molecular formula is C38H42F4N8O8. The molecule has 2 aromatic heterocycles. The highest BCUT2D eigenvalue weighted by atomic mass is 19.4. The number of anilines is 2. The number of H-pyrrole nitrogens is 1. The van der Waals surface area contributed by atoms with Crippen LogP contribution >= 0.6 is 0 Å².